The Labute approximate surface area is 102 Å². The zero-order chi connectivity index (χ0) is 12.3. The Balaban J connectivity index is 2.76. The zero-order valence-corrected chi connectivity index (χ0v) is 11.4. The van der Waals surface area contributed by atoms with E-state index in [1.165, 1.54) is 12.3 Å². The average molecular weight is 282 g/mol. The first kappa shape index (κ1) is 13.6. The number of nitrogen functional groups attached to an aromatic ring is 1. The maximum Gasteiger partial charge on any atom is 0.250 e. The van der Waals surface area contributed by atoms with Crippen LogP contribution in [0.15, 0.2) is 15.7 Å². The molecule has 0 aliphatic carbocycles. The van der Waals surface area contributed by atoms with Gasteiger partial charge in [0.25, 0.3) is 0 Å². The van der Waals surface area contributed by atoms with Crippen molar-refractivity contribution >= 4 is 37.8 Å². The minimum absolute atomic E-state index is 0.179. The van der Waals surface area contributed by atoms with Gasteiger partial charge in [-0.2, -0.15) is 0 Å². The van der Waals surface area contributed by atoms with Crippen molar-refractivity contribution in [2.75, 3.05) is 17.7 Å². The average Bonchev–Trinajstić information content (AvgIpc) is 2.49. The van der Waals surface area contributed by atoms with Gasteiger partial charge < -0.3 is 5.73 Å². The first-order valence-corrected chi connectivity index (χ1v) is 8.56. The summed E-state index contributed by atoms with van der Waals surface area (Å²) in [4.78, 5) is 0. The molecule has 0 aliphatic rings. The van der Waals surface area contributed by atoms with Gasteiger partial charge in [0, 0.05) is 39.9 Å². The second-order valence-electron chi connectivity index (χ2n) is 3.46. The van der Waals surface area contributed by atoms with Crippen LogP contribution in [0.1, 0.15) is 6.92 Å². The van der Waals surface area contributed by atoms with Crippen molar-refractivity contribution in [3.05, 3.63) is 11.4 Å². The van der Waals surface area contributed by atoms with E-state index >= 15 is 0 Å². The van der Waals surface area contributed by atoms with Crippen molar-refractivity contribution in [2.24, 2.45) is 0 Å². The summed E-state index contributed by atoms with van der Waals surface area (Å²) in [6.07, 6.45) is 1.54. The highest BCUT2D eigenvalue weighted by Crippen LogP contribution is 2.21. The predicted molar refractivity (Wildman–Crippen MR) is 67.4 cm³/mol. The topological polar surface area (TPSA) is 89.3 Å². The van der Waals surface area contributed by atoms with E-state index < -0.39 is 20.8 Å². The molecule has 1 rings (SSSR count). The van der Waals surface area contributed by atoms with Gasteiger partial charge in [0.05, 0.1) is 0 Å². The summed E-state index contributed by atoms with van der Waals surface area (Å²) in [6, 6.07) is 1.04. The zero-order valence-electron chi connectivity index (χ0n) is 8.97. The molecule has 8 heteroatoms. The molecule has 3 N–H and O–H groups in total. The van der Waals surface area contributed by atoms with Crippen LogP contribution in [-0.4, -0.2) is 30.7 Å². The van der Waals surface area contributed by atoms with Crippen LogP contribution in [0, 0.1) is 0 Å². The molecule has 2 unspecified atom stereocenters. The van der Waals surface area contributed by atoms with Crippen molar-refractivity contribution in [3.8, 4) is 0 Å². The van der Waals surface area contributed by atoms with Crippen molar-refractivity contribution < 1.29 is 12.6 Å². The van der Waals surface area contributed by atoms with E-state index in [0.29, 0.717) is 11.4 Å². The van der Waals surface area contributed by atoms with E-state index in [1.807, 2.05) is 0 Å². The summed E-state index contributed by atoms with van der Waals surface area (Å²) < 4.78 is 37.1. The molecule has 0 saturated carbocycles. The van der Waals surface area contributed by atoms with Gasteiger partial charge in [-0.1, -0.05) is 0 Å². The smallest absolute Gasteiger partial charge is 0.250 e. The maximum atomic E-state index is 11.8. The summed E-state index contributed by atoms with van der Waals surface area (Å²) in [7, 11) is -4.56. The minimum atomic E-state index is -3.53. The Kier molecular flexibility index (Phi) is 4.48. The SMILES string of the molecule is CC(CS(C)=O)NS(=O)(=O)c1cc(N)cs1. The van der Waals surface area contributed by atoms with Crippen LogP contribution in [0.5, 0.6) is 0 Å². The number of rotatable bonds is 5. The first-order chi connectivity index (χ1) is 7.31. The highest BCUT2D eigenvalue weighted by molar-refractivity contribution is 7.91. The summed E-state index contributed by atoms with van der Waals surface area (Å²) in [5, 5.41) is 1.57. The van der Waals surface area contributed by atoms with Crippen LogP contribution in [-0.2, 0) is 20.8 Å². The number of hydrogen-bond donors (Lipinski definition) is 2. The van der Waals surface area contributed by atoms with Gasteiger partial charge in [-0.25, -0.2) is 13.1 Å². The molecule has 0 saturated heterocycles. The van der Waals surface area contributed by atoms with E-state index in [4.69, 9.17) is 5.73 Å². The quantitative estimate of drug-likeness (QED) is 0.817. The number of nitrogens with one attached hydrogen (secondary N) is 1. The van der Waals surface area contributed by atoms with Crippen LogP contribution in [0.3, 0.4) is 0 Å². The standard InChI is InChI=1S/C8H14N2O3S3/c1-6(5-15(2)11)10-16(12,13)8-3-7(9)4-14-8/h3-4,6,10H,5,9H2,1-2H3. The summed E-state index contributed by atoms with van der Waals surface area (Å²) in [6.45, 7) is 1.68. The third-order valence-corrected chi connectivity index (χ3v) is 5.72. The van der Waals surface area contributed by atoms with Gasteiger partial charge in [-0.15, -0.1) is 11.3 Å². The normalized spacial score (nSPS) is 15.9. The molecule has 0 amide bonds. The van der Waals surface area contributed by atoms with Crippen LogP contribution >= 0.6 is 11.3 Å². The monoisotopic (exact) mass is 282 g/mol. The first-order valence-electron chi connectivity index (χ1n) is 4.47. The Morgan fingerprint density at radius 2 is 2.25 bits per heavy atom. The molecule has 0 fully saturated rings. The summed E-state index contributed by atoms with van der Waals surface area (Å²) in [5.41, 5.74) is 5.88. The van der Waals surface area contributed by atoms with Crippen LogP contribution in [0.2, 0.25) is 0 Å². The molecule has 0 aromatic carbocycles. The van der Waals surface area contributed by atoms with E-state index in [9.17, 15) is 12.6 Å². The molecule has 5 nitrogen and oxygen atoms in total. The maximum absolute atomic E-state index is 11.8. The Morgan fingerprint density at radius 3 is 2.69 bits per heavy atom. The fourth-order valence-electron chi connectivity index (χ4n) is 1.18. The summed E-state index contributed by atoms with van der Waals surface area (Å²) in [5.74, 6) is 0.292. The molecule has 1 heterocycles. The predicted octanol–water partition coefficient (Wildman–Crippen LogP) is 0.376. The second-order valence-corrected chi connectivity index (χ2v) is 7.79. The molecular formula is C8H14N2O3S3. The Bertz CT molecular complexity index is 480. The van der Waals surface area contributed by atoms with E-state index in [1.54, 1.807) is 12.3 Å². The van der Waals surface area contributed by atoms with Crippen LogP contribution in [0.25, 0.3) is 0 Å². The van der Waals surface area contributed by atoms with E-state index in [0.717, 1.165) is 11.3 Å². The fraction of sp³-hybridized carbons (Fsp3) is 0.500. The Hall–Kier alpha value is -0.440. The number of hydrogen-bond acceptors (Lipinski definition) is 5. The molecule has 0 spiro atoms. The van der Waals surface area contributed by atoms with E-state index in [2.05, 4.69) is 4.72 Å². The van der Waals surface area contributed by atoms with Gasteiger partial charge in [-0.3, -0.25) is 4.21 Å². The largest absolute Gasteiger partial charge is 0.398 e. The number of thiophene rings is 1. The highest BCUT2D eigenvalue weighted by atomic mass is 32.2. The molecule has 0 bridgehead atoms. The molecule has 92 valence electrons. The van der Waals surface area contributed by atoms with E-state index in [-0.39, 0.29) is 10.3 Å². The molecule has 2 atom stereocenters. The number of anilines is 1. The third kappa shape index (κ3) is 3.85. The third-order valence-electron chi connectivity index (χ3n) is 1.70. The fourth-order valence-corrected chi connectivity index (χ4v) is 4.41. The molecule has 1 aromatic heterocycles. The van der Waals surface area contributed by atoms with Crippen LogP contribution in [0.4, 0.5) is 5.69 Å². The molecule has 0 aliphatic heterocycles. The lowest BCUT2D eigenvalue weighted by Crippen LogP contribution is -2.35. The molecule has 1 aromatic rings. The van der Waals surface area contributed by atoms with Gasteiger partial charge >= 0.3 is 0 Å². The van der Waals surface area contributed by atoms with Gasteiger partial charge in [-0.05, 0) is 13.0 Å². The van der Waals surface area contributed by atoms with Gasteiger partial charge in [0.1, 0.15) is 4.21 Å². The van der Waals surface area contributed by atoms with Crippen molar-refractivity contribution in [2.45, 2.75) is 17.2 Å². The number of sulfonamides is 1. The molecule has 0 radical (unpaired) electrons. The highest BCUT2D eigenvalue weighted by Gasteiger charge is 2.19. The lowest BCUT2D eigenvalue weighted by molar-refractivity contribution is 0.572. The van der Waals surface area contributed by atoms with Crippen molar-refractivity contribution in [1.29, 1.82) is 0 Å². The van der Waals surface area contributed by atoms with Crippen LogP contribution < -0.4 is 10.5 Å². The lowest BCUT2D eigenvalue weighted by atomic mass is 10.4. The van der Waals surface area contributed by atoms with Crippen molar-refractivity contribution in [3.63, 3.8) is 0 Å². The molecule has 16 heavy (non-hydrogen) atoms. The minimum Gasteiger partial charge on any atom is -0.398 e. The van der Waals surface area contributed by atoms with Crippen molar-refractivity contribution in [1.82, 2.24) is 4.72 Å². The lowest BCUT2D eigenvalue weighted by Gasteiger charge is -2.11. The summed E-state index contributed by atoms with van der Waals surface area (Å²) >= 11 is 1.07. The molecular weight excluding hydrogens is 268 g/mol. The number of nitrogens with two attached hydrogens (primary N) is 1. The Morgan fingerprint density at radius 1 is 1.62 bits per heavy atom. The second kappa shape index (κ2) is 5.26. The van der Waals surface area contributed by atoms with Gasteiger partial charge in [0.2, 0.25) is 10.0 Å². The van der Waals surface area contributed by atoms with Gasteiger partial charge in [0.15, 0.2) is 0 Å².